The van der Waals surface area contributed by atoms with E-state index in [9.17, 15) is 4.79 Å². The van der Waals surface area contributed by atoms with E-state index in [1.807, 2.05) is 0 Å². The van der Waals surface area contributed by atoms with Crippen LogP contribution in [0.3, 0.4) is 0 Å². The number of urea groups is 1. The molecular weight excluding hydrogens is 322 g/mol. The van der Waals surface area contributed by atoms with Gasteiger partial charge in [0.25, 0.3) is 0 Å². The lowest BCUT2D eigenvalue weighted by molar-refractivity contribution is 0.220. The zero-order chi connectivity index (χ0) is 18.7. The van der Waals surface area contributed by atoms with Crippen molar-refractivity contribution in [3.63, 3.8) is 0 Å². The molecule has 0 bridgehead atoms. The zero-order valence-corrected chi connectivity index (χ0v) is 17.5. The van der Waals surface area contributed by atoms with Crippen LogP contribution < -0.4 is 10.6 Å². The standard InChI is InChI=1S/C22H45N3O/c1-2-3-4-5-6-7-8-9-10-11-12-14-17-23-22(26)24-18-21-25-19-15-13-16-20-25/h2-21H2,1H3,(H2,23,24,26). The summed E-state index contributed by atoms with van der Waals surface area (Å²) in [5.41, 5.74) is 0. The average Bonchev–Trinajstić information content (AvgIpc) is 2.66. The van der Waals surface area contributed by atoms with E-state index in [0.717, 1.165) is 26.1 Å². The predicted octanol–water partition coefficient (Wildman–Crippen LogP) is 5.47. The summed E-state index contributed by atoms with van der Waals surface area (Å²) in [7, 11) is 0. The average molecular weight is 368 g/mol. The Bertz CT molecular complexity index is 317. The fourth-order valence-corrected chi connectivity index (χ4v) is 3.74. The van der Waals surface area contributed by atoms with Gasteiger partial charge in [-0.15, -0.1) is 0 Å². The molecule has 0 unspecified atom stereocenters. The van der Waals surface area contributed by atoms with Crippen molar-refractivity contribution >= 4 is 6.03 Å². The van der Waals surface area contributed by atoms with Gasteiger partial charge < -0.3 is 15.5 Å². The highest BCUT2D eigenvalue weighted by molar-refractivity contribution is 5.73. The second-order valence-electron chi connectivity index (χ2n) is 7.97. The summed E-state index contributed by atoms with van der Waals surface area (Å²) in [6.07, 6.45) is 20.3. The van der Waals surface area contributed by atoms with Gasteiger partial charge in [-0.05, 0) is 32.4 Å². The van der Waals surface area contributed by atoms with Crippen molar-refractivity contribution in [1.82, 2.24) is 15.5 Å². The minimum Gasteiger partial charge on any atom is -0.338 e. The molecule has 0 radical (unpaired) electrons. The first-order valence-electron chi connectivity index (χ1n) is 11.6. The number of rotatable bonds is 16. The lowest BCUT2D eigenvalue weighted by atomic mass is 10.1. The molecule has 1 aliphatic heterocycles. The first-order chi connectivity index (χ1) is 12.8. The molecule has 0 saturated carbocycles. The highest BCUT2D eigenvalue weighted by atomic mass is 16.2. The fraction of sp³-hybridized carbons (Fsp3) is 0.955. The van der Waals surface area contributed by atoms with Crippen molar-refractivity contribution in [2.45, 2.75) is 103 Å². The summed E-state index contributed by atoms with van der Waals surface area (Å²) in [5, 5.41) is 5.97. The molecule has 1 saturated heterocycles. The molecule has 4 heteroatoms. The number of carbonyl (C=O) groups excluding carboxylic acids is 1. The van der Waals surface area contributed by atoms with Crippen LogP contribution in [0.1, 0.15) is 103 Å². The number of piperidine rings is 1. The highest BCUT2D eigenvalue weighted by Gasteiger charge is 2.09. The summed E-state index contributed by atoms with van der Waals surface area (Å²) in [4.78, 5) is 14.2. The molecule has 4 nitrogen and oxygen atoms in total. The molecule has 2 amide bonds. The Kier molecular flexibility index (Phi) is 15.8. The normalized spacial score (nSPS) is 15.1. The first-order valence-corrected chi connectivity index (χ1v) is 11.6. The van der Waals surface area contributed by atoms with E-state index in [1.54, 1.807) is 0 Å². The number of nitrogens with zero attached hydrogens (tertiary/aromatic N) is 1. The Labute approximate surface area is 162 Å². The van der Waals surface area contributed by atoms with Crippen LogP contribution >= 0.6 is 0 Å². The minimum atomic E-state index is 0.00471. The topological polar surface area (TPSA) is 44.4 Å². The number of carbonyl (C=O) groups is 1. The Morgan fingerprint density at radius 1 is 0.692 bits per heavy atom. The molecule has 154 valence electrons. The second kappa shape index (κ2) is 17.6. The highest BCUT2D eigenvalue weighted by Crippen LogP contribution is 2.11. The Hall–Kier alpha value is -0.770. The van der Waals surface area contributed by atoms with Crippen molar-refractivity contribution < 1.29 is 4.79 Å². The van der Waals surface area contributed by atoms with Crippen molar-refractivity contribution in [3.8, 4) is 0 Å². The van der Waals surface area contributed by atoms with Gasteiger partial charge in [0.1, 0.15) is 0 Å². The van der Waals surface area contributed by atoms with Gasteiger partial charge in [-0.25, -0.2) is 4.79 Å². The third-order valence-corrected chi connectivity index (χ3v) is 5.48. The van der Waals surface area contributed by atoms with Gasteiger partial charge >= 0.3 is 6.03 Å². The number of likely N-dealkylation sites (tertiary alicyclic amines) is 1. The maximum Gasteiger partial charge on any atom is 0.314 e. The SMILES string of the molecule is CCCCCCCCCCCCCCNC(=O)NCCN1CCCCC1. The third kappa shape index (κ3) is 14.4. The largest absolute Gasteiger partial charge is 0.338 e. The molecule has 0 aliphatic carbocycles. The van der Waals surface area contributed by atoms with Crippen LogP contribution in [0.15, 0.2) is 0 Å². The van der Waals surface area contributed by atoms with Gasteiger partial charge in [0, 0.05) is 19.6 Å². The first kappa shape index (κ1) is 23.3. The quantitative estimate of drug-likeness (QED) is 0.355. The molecule has 1 aliphatic rings. The minimum absolute atomic E-state index is 0.00471. The van der Waals surface area contributed by atoms with Gasteiger partial charge in [0.05, 0.1) is 0 Å². The van der Waals surface area contributed by atoms with Crippen LogP contribution in [0.5, 0.6) is 0 Å². The maximum atomic E-state index is 11.7. The molecule has 26 heavy (non-hydrogen) atoms. The molecule has 0 aromatic heterocycles. The van der Waals surface area contributed by atoms with Crippen molar-refractivity contribution in [3.05, 3.63) is 0 Å². The summed E-state index contributed by atoms with van der Waals surface area (Å²) in [6.45, 7) is 7.24. The molecule has 1 fully saturated rings. The number of hydrogen-bond donors (Lipinski definition) is 2. The second-order valence-corrected chi connectivity index (χ2v) is 7.97. The molecule has 0 aromatic rings. The van der Waals surface area contributed by atoms with Gasteiger partial charge in [0.15, 0.2) is 0 Å². The van der Waals surface area contributed by atoms with Crippen LogP contribution in [0.25, 0.3) is 0 Å². The van der Waals surface area contributed by atoms with Crippen molar-refractivity contribution in [2.24, 2.45) is 0 Å². The van der Waals surface area contributed by atoms with Crippen LogP contribution in [0.2, 0.25) is 0 Å². The lowest BCUT2D eigenvalue weighted by Crippen LogP contribution is -2.41. The van der Waals surface area contributed by atoms with E-state index in [4.69, 9.17) is 0 Å². The van der Waals surface area contributed by atoms with Gasteiger partial charge in [-0.2, -0.15) is 0 Å². The predicted molar refractivity (Wildman–Crippen MR) is 113 cm³/mol. The van der Waals surface area contributed by atoms with E-state index in [2.05, 4.69) is 22.5 Å². The summed E-state index contributed by atoms with van der Waals surface area (Å²) < 4.78 is 0. The Balaban J connectivity index is 1.74. The molecule has 2 N–H and O–H groups in total. The number of amides is 2. The molecule has 1 rings (SSSR count). The number of unbranched alkanes of at least 4 members (excludes halogenated alkanes) is 11. The van der Waals surface area contributed by atoms with Crippen molar-refractivity contribution in [1.29, 1.82) is 0 Å². The van der Waals surface area contributed by atoms with E-state index in [0.29, 0.717) is 0 Å². The molecule has 0 spiro atoms. The van der Waals surface area contributed by atoms with Crippen LogP contribution in [0.4, 0.5) is 4.79 Å². The molecule has 1 heterocycles. The van der Waals surface area contributed by atoms with Gasteiger partial charge in [-0.3, -0.25) is 0 Å². The van der Waals surface area contributed by atoms with Gasteiger partial charge in [0.2, 0.25) is 0 Å². The van der Waals surface area contributed by atoms with E-state index < -0.39 is 0 Å². The van der Waals surface area contributed by atoms with Gasteiger partial charge in [-0.1, -0.05) is 84.0 Å². The van der Waals surface area contributed by atoms with E-state index >= 15 is 0 Å². The monoisotopic (exact) mass is 367 g/mol. The van der Waals surface area contributed by atoms with Crippen LogP contribution in [-0.2, 0) is 0 Å². The van der Waals surface area contributed by atoms with E-state index in [-0.39, 0.29) is 6.03 Å². The summed E-state index contributed by atoms with van der Waals surface area (Å²) in [6, 6.07) is 0.00471. The molecular formula is C22H45N3O. The number of hydrogen-bond acceptors (Lipinski definition) is 2. The van der Waals surface area contributed by atoms with Crippen LogP contribution in [0, 0.1) is 0 Å². The lowest BCUT2D eigenvalue weighted by Gasteiger charge is -2.26. The van der Waals surface area contributed by atoms with E-state index in [1.165, 1.54) is 103 Å². The smallest absolute Gasteiger partial charge is 0.314 e. The maximum absolute atomic E-state index is 11.7. The summed E-state index contributed by atoms with van der Waals surface area (Å²) in [5.74, 6) is 0. The molecule has 0 aromatic carbocycles. The Morgan fingerprint density at radius 3 is 1.77 bits per heavy atom. The Morgan fingerprint density at radius 2 is 1.19 bits per heavy atom. The zero-order valence-electron chi connectivity index (χ0n) is 17.5. The fourth-order valence-electron chi connectivity index (χ4n) is 3.74. The van der Waals surface area contributed by atoms with Crippen LogP contribution in [-0.4, -0.2) is 43.7 Å². The third-order valence-electron chi connectivity index (χ3n) is 5.48. The number of nitrogens with one attached hydrogen (secondary N) is 2. The molecule has 0 atom stereocenters. The summed E-state index contributed by atoms with van der Waals surface area (Å²) >= 11 is 0. The van der Waals surface area contributed by atoms with Crippen molar-refractivity contribution in [2.75, 3.05) is 32.7 Å².